The number of nitrogens with two attached hydrogens (primary N) is 4. The molecular weight excluding hydrogens is 486 g/mol. The Hall–Kier alpha value is -0.950. The molecule has 204 valence electrons. The molecule has 0 aromatic heterocycles. The summed E-state index contributed by atoms with van der Waals surface area (Å²) in [6.07, 6.45) is -3.96. The van der Waals surface area contributed by atoms with Gasteiger partial charge in [0.1, 0.15) is 35.8 Å². The second-order valence-electron chi connectivity index (χ2n) is 9.77. The summed E-state index contributed by atoms with van der Waals surface area (Å²) in [5, 5.41) is 32.7. The molecule has 0 aromatic rings. The van der Waals surface area contributed by atoms with Gasteiger partial charge in [0.15, 0.2) is 6.29 Å². The molecular formula is C20H39N5O9S. The summed E-state index contributed by atoms with van der Waals surface area (Å²) in [6, 6.07) is -3.23. The molecule has 3 aliphatic rings. The van der Waals surface area contributed by atoms with Gasteiger partial charge in [0.2, 0.25) is 16.3 Å². The van der Waals surface area contributed by atoms with Gasteiger partial charge in [-0.2, -0.15) is 4.31 Å². The lowest BCUT2D eigenvalue weighted by Gasteiger charge is -2.49. The highest BCUT2D eigenvalue weighted by atomic mass is 32.2. The third kappa shape index (κ3) is 6.14. The quantitative estimate of drug-likeness (QED) is 0.167. The van der Waals surface area contributed by atoms with Gasteiger partial charge in [-0.1, -0.05) is 0 Å². The van der Waals surface area contributed by atoms with Crippen LogP contribution >= 0.6 is 0 Å². The Labute approximate surface area is 205 Å². The lowest BCUT2D eigenvalue weighted by atomic mass is 9.84. The number of ether oxygens (including phenoxy) is 4. The summed E-state index contributed by atoms with van der Waals surface area (Å²) in [5.74, 6) is 0.506. The van der Waals surface area contributed by atoms with Crippen LogP contribution in [0, 0.1) is 0 Å². The van der Waals surface area contributed by atoms with Gasteiger partial charge >= 0.3 is 0 Å². The van der Waals surface area contributed by atoms with Crippen molar-refractivity contribution in [3.8, 4) is 0 Å². The number of hydrogen-bond donors (Lipinski definition) is 7. The van der Waals surface area contributed by atoms with E-state index in [-0.39, 0.29) is 19.6 Å². The van der Waals surface area contributed by atoms with Crippen LogP contribution in [0.15, 0.2) is 11.8 Å². The standard InChI is InChI=1S/C20H39N5O9S/c1-20(28)8-31-19(14(27)17(20)25(2)35(3,29)30)34-16-12(24)6-11(23)15(13(16)26)33-18-10(22)5-4-9(7-21)32-18/h4,10-19,26-28H,5-8,21-24H2,1-3H3/t10-,11+,12-,13+,14-,15-,16+,17-,18-,19-,20+/m1/s1. The van der Waals surface area contributed by atoms with E-state index in [1.165, 1.54) is 14.0 Å². The van der Waals surface area contributed by atoms with Crippen LogP contribution in [0.25, 0.3) is 0 Å². The van der Waals surface area contributed by atoms with Crippen LogP contribution in [0.2, 0.25) is 0 Å². The maximum Gasteiger partial charge on any atom is 0.215 e. The van der Waals surface area contributed by atoms with E-state index in [0.717, 1.165) is 10.6 Å². The Balaban J connectivity index is 1.76. The molecule has 0 bridgehead atoms. The molecule has 0 spiro atoms. The summed E-state index contributed by atoms with van der Waals surface area (Å²) in [7, 11) is -2.54. The van der Waals surface area contributed by atoms with E-state index in [2.05, 4.69) is 0 Å². The first-order valence-corrected chi connectivity index (χ1v) is 13.3. The number of hydrogen-bond acceptors (Lipinski definition) is 13. The highest BCUT2D eigenvalue weighted by molar-refractivity contribution is 7.88. The van der Waals surface area contributed by atoms with Crippen LogP contribution in [0.5, 0.6) is 0 Å². The van der Waals surface area contributed by atoms with Crippen molar-refractivity contribution < 1.29 is 42.7 Å². The zero-order chi connectivity index (χ0) is 26.3. The molecule has 11 N–H and O–H groups in total. The fourth-order valence-corrected chi connectivity index (χ4v) is 5.52. The summed E-state index contributed by atoms with van der Waals surface area (Å²) in [6.45, 7) is 1.17. The Morgan fingerprint density at radius 2 is 1.69 bits per heavy atom. The number of likely N-dealkylation sites (N-methyl/N-ethyl adjacent to an activating group) is 1. The highest BCUT2D eigenvalue weighted by Crippen LogP contribution is 2.33. The third-order valence-corrected chi connectivity index (χ3v) is 8.05. The Bertz CT molecular complexity index is 875. The van der Waals surface area contributed by atoms with E-state index in [9.17, 15) is 23.7 Å². The first-order valence-electron chi connectivity index (χ1n) is 11.4. The second-order valence-corrected chi connectivity index (χ2v) is 11.8. The average Bonchev–Trinajstić information content (AvgIpc) is 2.75. The number of rotatable bonds is 7. The molecule has 2 fully saturated rings. The van der Waals surface area contributed by atoms with Crippen molar-refractivity contribution >= 4 is 10.0 Å². The van der Waals surface area contributed by atoms with Gasteiger partial charge in [0.05, 0.1) is 31.5 Å². The zero-order valence-corrected chi connectivity index (χ0v) is 21.0. The molecule has 1 saturated carbocycles. The fourth-order valence-electron chi connectivity index (χ4n) is 4.76. The topological polar surface area (TPSA) is 239 Å². The first kappa shape index (κ1) is 28.6. The minimum atomic E-state index is -3.78. The van der Waals surface area contributed by atoms with Crippen molar-refractivity contribution in [1.82, 2.24) is 4.31 Å². The highest BCUT2D eigenvalue weighted by Gasteiger charge is 2.53. The molecule has 2 heterocycles. The largest absolute Gasteiger partial charge is 0.467 e. The molecule has 14 nitrogen and oxygen atoms in total. The molecule has 0 radical (unpaired) electrons. The Morgan fingerprint density at radius 3 is 2.23 bits per heavy atom. The molecule has 0 aromatic carbocycles. The average molecular weight is 526 g/mol. The Kier molecular flexibility index (Phi) is 8.84. The van der Waals surface area contributed by atoms with Gasteiger partial charge in [0.25, 0.3) is 0 Å². The number of aliphatic hydroxyl groups excluding tert-OH is 2. The molecule has 1 aliphatic carbocycles. The van der Waals surface area contributed by atoms with Crippen LogP contribution in [-0.2, 0) is 29.0 Å². The van der Waals surface area contributed by atoms with Crippen LogP contribution < -0.4 is 22.9 Å². The second kappa shape index (κ2) is 10.8. The summed E-state index contributed by atoms with van der Waals surface area (Å²) >= 11 is 0. The van der Waals surface area contributed by atoms with Gasteiger partial charge in [-0.25, -0.2) is 8.42 Å². The van der Waals surface area contributed by atoms with Crippen molar-refractivity contribution in [2.75, 3.05) is 26.5 Å². The summed E-state index contributed by atoms with van der Waals surface area (Å²) < 4.78 is 48.1. The molecule has 11 atom stereocenters. The maximum absolute atomic E-state index is 12.1. The van der Waals surface area contributed by atoms with Crippen LogP contribution in [0.1, 0.15) is 19.8 Å². The smallest absolute Gasteiger partial charge is 0.215 e. The van der Waals surface area contributed by atoms with Crippen molar-refractivity contribution in [3.05, 3.63) is 11.8 Å². The fraction of sp³-hybridized carbons (Fsp3) is 0.900. The molecule has 15 heteroatoms. The lowest BCUT2D eigenvalue weighted by Crippen LogP contribution is -2.69. The van der Waals surface area contributed by atoms with Crippen LogP contribution in [0.3, 0.4) is 0 Å². The molecule has 35 heavy (non-hydrogen) atoms. The maximum atomic E-state index is 12.1. The SMILES string of the molecule is CN([C@@H]1[C@@H](O)[C@@H](O[C@@H]2[C@@H](O)[C@H](O[C@H]3OC(CN)=CC[C@H]3N)[C@@H](N)C[C@H]2N)OC[C@]1(C)O)S(C)(=O)=O. The van der Waals surface area contributed by atoms with E-state index in [0.29, 0.717) is 12.2 Å². The van der Waals surface area contributed by atoms with Gasteiger partial charge in [-0.15, -0.1) is 0 Å². The molecule has 3 rings (SSSR count). The predicted molar refractivity (Wildman–Crippen MR) is 124 cm³/mol. The zero-order valence-electron chi connectivity index (χ0n) is 20.1. The van der Waals surface area contributed by atoms with Crippen molar-refractivity contribution in [3.63, 3.8) is 0 Å². The first-order chi connectivity index (χ1) is 16.2. The molecule has 2 aliphatic heterocycles. The normalized spacial score (nSPS) is 45.2. The van der Waals surface area contributed by atoms with Gasteiger partial charge in [-0.3, -0.25) is 0 Å². The van der Waals surface area contributed by atoms with Crippen molar-refractivity contribution in [2.24, 2.45) is 22.9 Å². The third-order valence-electron chi connectivity index (χ3n) is 6.77. The van der Waals surface area contributed by atoms with Crippen molar-refractivity contribution in [1.29, 1.82) is 0 Å². The molecule has 1 saturated heterocycles. The van der Waals surface area contributed by atoms with Crippen LogP contribution in [-0.4, -0.2) is 121 Å². The number of aliphatic hydroxyl groups is 3. The minimum Gasteiger partial charge on any atom is -0.467 e. The van der Waals surface area contributed by atoms with E-state index in [4.69, 9.17) is 41.9 Å². The van der Waals surface area contributed by atoms with Gasteiger partial charge in [-0.05, 0) is 25.8 Å². The van der Waals surface area contributed by atoms with E-state index < -0.39 is 76.8 Å². The summed E-state index contributed by atoms with van der Waals surface area (Å²) in [5.41, 5.74) is 22.4. The number of sulfonamides is 1. The van der Waals surface area contributed by atoms with Crippen molar-refractivity contribution in [2.45, 2.75) is 86.5 Å². The van der Waals surface area contributed by atoms with Gasteiger partial charge in [0, 0.05) is 19.1 Å². The Morgan fingerprint density at radius 1 is 1.11 bits per heavy atom. The molecule has 0 unspecified atom stereocenters. The predicted octanol–water partition coefficient (Wildman–Crippen LogP) is -4.18. The van der Waals surface area contributed by atoms with E-state index >= 15 is 0 Å². The monoisotopic (exact) mass is 525 g/mol. The van der Waals surface area contributed by atoms with Crippen LogP contribution in [0.4, 0.5) is 0 Å². The lowest BCUT2D eigenvalue weighted by molar-refractivity contribution is -0.307. The number of nitrogens with zero attached hydrogens (tertiary/aromatic N) is 1. The van der Waals surface area contributed by atoms with Gasteiger partial charge < -0.3 is 57.2 Å². The summed E-state index contributed by atoms with van der Waals surface area (Å²) in [4.78, 5) is 0. The molecule has 0 amide bonds. The minimum absolute atomic E-state index is 0.159. The van der Waals surface area contributed by atoms with E-state index in [1.54, 1.807) is 6.08 Å². The van der Waals surface area contributed by atoms with E-state index in [1.807, 2.05) is 0 Å².